The zero-order valence-electron chi connectivity index (χ0n) is 14.1. The lowest BCUT2D eigenvalue weighted by molar-refractivity contribution is 0.102. The summed E-state index contributed by atoms with van der Waals surface area (Å²) in [5.41, 5.74) is 1.30. The molecule has 0 aliphatic carbocycles. The van der Waals surface area contributed by atoms with Crippen molar-refractivity contribution < 1.29 is 14.3 Å². The van der Waals surface area contributed by atoms with Gasteiger partial charge in [-0.15, -0.1) is 0 Å². The first-order chi connectivity index (χ1) is 11.6. The molecule has 0 heterocycles. The summed E-state index contributed by atoms with van der Waals surface area (Å²) >= 11 is 0. The van der Waals surface area contributed by atoms with Crippen LogP contribution < -0.4 is 14.8 Å². The average molecular weight is 325 g/mol. The number of rotatable bonds is 8. The van der Waals surface area contributed by atoms with Gasteiger partial charge < -0.3 is 14.8 Å². The number of carbonyl (C=O) groups is 1. The van der Waals surface area contributed by atoms with E-state index in [2.05, 4.69) is 25.7 Å². The molecule has 2 rings (SSSR count). The van der Waals surface area contributed by atoms with Crippen LogP contribution in [0.15, 0.2) is 61.2 Å². The Morgan fingerprint density at radius 3 is 2.21 bits per heavy atom. The second-order valence-electron chi connectivity index (χ2n) is 5.81. The minimum Gasteiger partial charge on any atom is -0.493 e. The molecule has 0 saturated carbocycles. The number of ether oxygens (including phenoxy) is 2. The van der Waals surface area contributed by atoms with Gasteiger partial charge in [0.15, 0.2) is 0 Å². The number of carbonyl (C=O) groups excluding carboxylic acids is 1. The van der Waals surface area contributed by atoms with Gasteiger partial charge in [0.25, 0.3) is 5.91 Å². The van der Waals surface area contributed by atoms with Crippen molar-refractivity contribution in [3.05, 3.63) is 66.7 Å². The van der Waals surface area contributed by atoms with Gasteiger partial charge in [-0.1, -0.05) is 26.5 Å². The third kappa shape index (κ3) is 5.47. The highest BCUT2D eigenvalue weighted by Crippen LogP contribution is 2.18. The van der Waals surface area contributed by atoms with Crippen molar-refractivity contribution in [1.82, 2.24) is 0 Å². The summed E-state index contributed by atoms with van der Waals surface area (Å²) < 4.78 is 11.0. The summed E-state index contributed by atoms with van der Waals surface area (Å²) in [6.07, 6.45) is 1.68. The molecule has 0 fully saturated rings. The van der Waals surface area contributed by atoms with Crippen LogP contribution in [0.1, 0.15) is 24.2 Å². The van der Waals surface area contributed by atoms with Crippen LogP contribution in [-0.4, -0.2) is 19.1 Å². The predicted molar refractivity (Wildman–Crippen MR) is 96.9 cm³/mol. The maximum absolute atomic E-state index is 12.2. The zero-order valence-corrected chi connectivity index (χ0v) is 14.1. The minimum atomic E-state index is -0.166. The van der Waals surface area contributed by atoms with Gasteiger partial charge >= 0.3 is 0 Å². The first kappa shape index (κ1) is 17.6. The van der Waals surface area contributed by atoms with Crippen molar-refractivity contribution >= 4 is 11.6 Å². The number of hydrogen-bond donors (Lipinski definition) is 1. The van der Waals surface area contributed by atoms with Gasteiger partial charge in [-0.2, -0.15) is 0 Å². The van der Waals surface area contributed by atoms with Crippen molar-refractivity contribution in [2.24, 2.45) is 5.92 Å². The molecule has 4 heteroatoms. The van der Waals surface area contributed by atoms with Crippen LogP contribution in [0.3, 0.4) is 0 Å². The van der Waals surface area contributed by atoms with Crippen LogP contribution >= 0.6 is 0 Å². The van der Waals surface area contributed by atoms with E-state index >= 15 is 0 Å². The van der Waals surface area contributed by atoms with Crippen LogP contribution in [0.25, 0.3) is 0 Å². The smallest absolute Gasteiger partial charge is 0.255 e. The largest absolute Gasteiger partial charge is 0.493 e. The Morgan fingerprint density at radius 2 is 1.62 bits per heavy atom. The maximum atomic E-state index is 12.2. The molecule has 0 radical (unpaired) electrons. The van der Waals surface area contributed by atoms with E-state index in [1.807, 2.05) is 24.3 Å². The fraction of sp³-hybridized carbons (Fsp3) is 0.250. The Bertz CT molecular complexity index is 660. The van der Waals surface area contributed by atoms with Crippen molar-refractivity contribution in [2.75, 3.05) is 18.5 Å². The van der Waals surface area contributed by atoms with E-state index in [0.29, 0.717) is 30.4 Å². The first-order valence-electron chi connectivity index (χ1n) is 7.96. The van der Waals surface area contributed by atoms with Gasteiger partial charge in [0.05, 0.1) is 6.61 Å². The first-order valence-corrected chi connectivity index (χ1v) is 7.96. The topological polar surface area (TPSA) is 47.6 Å². The summed E-state index contributed by atoms with van der Waals surface area (Å²) in [6.45, 7) is 8.91. The zero-order chi connectivity index (χ0) is 17.4. The van der Waals surface area contributed by atoms with Crippen molar-refractivity contribution in [1.29, 1.82) is 0 Å². The van der Waals surface area contributed by atoms with E-state index in [9.17, 15) is 4.79 Å². The van der Waals surface area contributed by atoms with E-state index in [-0.39, 0.29) is 5.91 Å². The Kier molecular flexibility index (Phi) is 6.43. The van der Waals surface area contributed by atoms with E-state index in [4.69, 9.17) is 9.47 Å². The van der Waals surface area contributed by atoms with Gasteiger partial charge in [0.2, 0.25) is 0 Å². The SMILES string of the molecule is C=CCOc1ccc(C(=O)Nc2ccc(OCC(C)C)cc2)cc1. The number of nitrogens with one attached hydrogen (secondary N) is 1. The molecule has 4 nitrogen and oxygen atoms in total. The van der Waals surface area contributed by atoms with Gasteiger partial charge in [0.1, 0.15) is 18.1 Å². The fourth-order valence-corrected chi connectivity index (χ4v) is 1.96. The van der Waals surface area contributed by atoms with Gasteiger partial charge in [-0.3, -0.25) is 4.79 Å². The minimum absolute atomic E-state index is 0.166. The molecule has 0 aliphatic heterocycles. The van der Waals surface area contributed by atoms with Gasteiger partial charge in [-0.05, 0) is 54.4 Å². The Morgan fingerprint density at radius 1 is 1.04 bits per heavy atom. The molecular formula is C20H23NO3. The quantitative estimate of drug-likeness (QED) is 0.725. The molecular weight excluding hydrogens is 302 g/mol. The highest BCUT2D eigenvalue weighted by molar-refractivity contribution is 6.04. The molecule has 2 aromatic carbocycles. The number of benzene rings is 2. The van der Waals surface area contributed by atoms with Crippen molar-refractivity contribution in [3.63, 3.8) is 0 Å². The molecule has 0 atom stereocenters. The molecule has 0 saturated heterocycles. The van der Waals surface area contributed by atoms with Gasteiger partial charge in [0, 0.05) is 11.3 Å². The van der Waals surface area contributed by atoms with Crippen molar-refractivity contribution in [2.45, 2.75) is 13.8 Å². The second kappa shape index (κ2) is 8.77. The lowest BCUT2D eigenvalue weighted by Crippen LogP contribution is -2.11. The Balaban J connectivity index is 1.92. The second-order valence-corrected chi connectivity index (χ2v) is 5.81. The summed E-state index contributed by atoms with van der Waals surface area (Å²) in [6, 6.07) is 14.4. The van der Waals surface area contributed by atoms with Crippen LogP contribution in [0.5, 0.6) is 11.5 Å². The van der Waals surface area contributed by atoms with E-state index in [1.165, 1.54) is 0 Å². The summed E-state index contributed by atoms with van der Waals surface area (Å²) in [5, 5.41) is 2.86. The number of hydrogen-bond acceptors (Lipinski definition) is 3. The fourth-order valence-electron chi connectivity index (χ4n) is 1.96. The lowest BCUT2D eigenvalue weighted by Gasteiger charge is -2.10. The average Bonchev–Trinajstić information content (AvgIpc) is 2.59. The van der Waals surface area contributed by atoms with E-state index in [0.717, 1.165) is 11.4 Å². The van der Waals surface area contributed by atoms with Crippen LogP contribution in [-0.2, 0) is 0 Å². The molecule has 0 aromatic heterocycles. The van der Waals surface area contributed by atoms with Crippen molar-refractivity contribution in [3.8, 4) is 11.5 Å². The molecule has 24 heavy (non-hydrogen) atoms. The third-order valence-corrected chi connectivity index (χ3v) is 3.18. The third-order valence-electron chi connectivity index (χ3n) is 3.18. The summed E-state index contributed by atoms with van der Waals surface area (Å²) in [5.74, 6) is 1.81. The molecule has 0 unspecified atom stereocenters. The normalized spacial score (nSPS) is 10.3. The van der Waals surface area contributed by atoms with Crippen LogP contribution in [0.2, 0.25) is 0 Å². The lowest BCUT2D eigenvalue weighted by atomic mass is 10.2. The highest BCUT2D eigenvalue weighted by atomic mass is 16.5. The molecule has 126 valence electrons. The molecule has 2 aromatic rings. The number of anilines is 1. The van der Waals surface area contributed by atoms with E-state index in [1.54, 1.807) is 30.3 Å². The molecule has 1 amide bonds. The Labute approximate surface area is 143 Å². The monoisotopic (exact) mass is 325 g/mol. The summed E-state index contributed by atoms with van der Waals surface area (Å²) in [4.78, 5) is 12.2. The highest BCUT2D eigenvalue weighted by Gasteiger charge is 2.06. The maximum Gasteiger partial charge on any atom is 0.255 e. The number of amides is 1. The predicted octanol–water partition coefficient (Wildman–Crippen LogP) is 4.54. The van der Waals surface area contributed by atoms with Gasteiger partial charge in [-0.25, -0.2) is 0 Å². The molecule has 0 spiro atoms. The van der Waals surface area contributed by atoms with Crippen LogP contribution in [0, 0.1) is 5.92 Å². The molecule has 0 aliphatic rings. The molecule has 0 bridgehead atoms. The van der Waals surface area contributed by atoms with E-state index < -0.39 is 0 Å². The summed E-state index contributed by atoms with van der Waals surface area (Å²) in [7, 11) is 0. The standard InChI is InChI=1S/C20H23NO3/c1-4-13-23-18-9-5-16(6-10-18)20(22)21-17-7-11-19(12-8-17)24-14-15(2)3/h4-12,15H,1,13-14H2,2-3H3,(H,21,22). The van der Waals surface area contributed by atoms with Crippen LogP contribution in [0.4, 0.5) is 5.69 Å². The Hall–Kier alpha value is -2.75. The molecule has 1 N–H and O–H groups in total.